The number of nitrogens with zero attached hydrogens (tertiary/aromatic N) is 2. The Morgan fingerprint density at radius 1 is 1.17 bits per heavy atom. The molecule has 1 aromatic rings. The Labute approximate surface area is 144 Å². The van der Waals surface area contributed by atoms with Gasteiger partial charge in [0.2, 0.25) is 0 Å². The second-order valence-corrected chi connectivity index (χ2v) is 6.95. The van der Waals surface area contributed by atoms with Crippen molar-refractivity contribution in [1.82, 2.24) is 9.80 Å². The standard InChI is InChI=1S/C19H28N2O3/c1-14-4-3-5-17(15(14)2)18(19(22)23)21-8-6-16(7-9-21)20-10-12-24-13-11-20/h3-5,16,18H,6-13H2,1-2H3,(H,22,23)/t18-/m1/s1. The van der Waals surface area contributed by atoms with E-state index in [4.69, 9.17) is 4.74 Å². The Morgan fingerprint density at radius 3 is 2.46 bits per heavy atom. The number of benzene rings is 1. The van der Waals surface area contributed by atoms with Gasteiger partial charge in [0.1, 0.15) is 6.04 Å². The van der Waals surface area contributed by atoms with Crippen molar-refractivity contribution in [3.8, 4) is 0 Å². The van der Waals surface area contributed by atoms with E-state index in [0.29, 0.717) is 6.04 Å². The van der Waals surface area contributed by atoms with E-state index in [2.05, 4.69) is 9.80 Å². The number of carboxylic acid groups (broad SMARTS) is 1. The summed E-state index contributed by atoms with van der Waals surface area (Å²) in [6.07, 6.45) is 2.07. The van der Waals surface area contributed by atoms with E-state index < -0.39 is 12.0 Å². The van der Waals surface area contributed by atoms with Crippen LogP contribution in [0.2, 0.25) is 0 Å². The van der Waals surface area contributed by atoms with E-state index in [1.807, 2.05) is 32.0 Å². The van der Waals surface area contributed by atoms with Crippen LogP contribution in [0.4, 0.5) is 0 Å². The van der Waals surface area contributed by atoms with Crippen LogP contribution in [0.5, 0.6) is 0 Å². The average Bonchev–Trinajstić information content (AvgIpc) is 2.60. The molecule has 24 heavy (non-hydrogen) atoms. The smallest absolute Gasteiger partial charge is 0.325 e. The molecule has 2 heterocycles. The molecule has 3 rings (SSSR count). The maximum atomic E-state index is 12.0. The Hall–Kier alpha value is -1.43. The molecule has 1 atom stereocenters. The highest BCUT2D eigenvalue weighted by molar-refractivity contribution is 5.76. The molecule has 0 aliphatic carbocycles. The molecule has 1 N–H and O–H groups in total. The molecule has 0 bridgehead atoms. The number of rotatable bonds is 4. The quantitative estimate of drug-likeness (QED) is 0.916. The summed E-state index contributed by atoms with van der Waals surface area (Å²) >= 11 is 0. The van der Waals surface area contributed by atoms with Gasteiger partial charge >= 0.3 is 5.97 Å². The fourth-order valence-corrected chi connectivity index (χ4v) is 4.01. The van der Waals surface area contributed by atoms with Crippen LogP contribution >= 0.6 is 0 Å². The summed E-state index contributed by atoms with van der Waals surface area (Å²) in [5.74, 6) is -0.742. The molecular weight excluding hydrogens is 304 g/mol. The molecule has 0 spiro atoms. The van der Waals surface area contributed by atoms with Crippen molar-refractivity contribution >= 4 is 5.97 Å². The molecule has 0 amide bonds. The molecule has 2 aliphatic rings. The van der Waals surface area contributed by atoms with Gasteiger partial charge in [-0.2, -0.15) is 0 Å². The number of aryl methyl sites for hydroxylation is 1. The Morgan fingerprint density at radius 2 is 1.83 bits per heavy atom. The molecule has 132 valence electrons. The number of ether oxygens (including phenoxy) is 1. The van der Waals surface area contributed by atoms with Crippen LogP contribution in [-0.2, 0) is 9.53 Å². The van der Waals surface area contributed by atoms with Gasteiger partial charge in [-0.1, -0.05) is 18.2 Å². The summed E-state index contributed by atoms with van der Waals surface area (Å²) < 4.78 is 5.43. The zero-order valence-corrected chi connectivity index (χ0v) is 14.7. The summed E-state index contributed by atoms with van der Waals surface area (Å²) in [7, 11) is 0. The van der Waals surface area contributed by atoms with Crippen molar-refractivity contribution in [2.75, 3.05) is 39.4 Å². The largest absolute Gasteiger partial charge is 0.480 e. The van der Waals surface area contributed by atoms with Crippen molar-refractivity contribution in [2.45, 2.75) is 38.8 Å². The Kier molecular flexibility index (Phi) is 5.54. The summed E-state index contributed by atoms with van der Waals surface area (Å²) in [6.45, 7) is 9.40. The van der Waals surface area contributed by atoms with Crippen molar-refractivity contribution in [3.05, 3.63) is 34.9 Å². The molecule has 0 radical (unpaired) electrons. The van der Waals surface area contributed by atoms with Gasteiger partial charge in [0.05, 0.1) is 13.2 Å². The van der Waals surface area contributed by atoms with E-state index in [-0.39, 0.29) is 0 Å². The lowest BCUT2D eigenvalue weighted by Gasteiger charge is -2.41. The van der Waals surface area contributed by atoms with Crippen LogP contribution in [0, 0.1) is 13.8 Å². The normalized spacial score (nSPS) is 22.4. The highest BCUT2D eigenvalue weighted by Gasteiger charge is 2.33. The van der Waals surface area contributed by atoms with Crippen LogP contribution in [-0.4, -0.2) is 66.3 Å². The van der Waals surface area contributed by atoms with Gasteiger partial charge in [-0.05, 0) is 43.4 Å². The highest BCUT2D eigenvalue weighted by Crippen LogP contribution is 2.30. The highest BCUT2D eigenvalue weighted by atomic mass is 16.5. The molecule has 2 aliphatic heterocycles. The third-order valence-electron chi connectivity index (χ3n) is 5.60. The SMILES string of the molecule is Cc1cccc([C@H](C(=O)O)N2CCC(N3CCOCC3)CC2)c1C. The minimum atomic E-state index is -0.742. The molecule has 5 heteroatoms. The number of carbonyl (C=O) groups is 1. The van der Waals surface area contributed by atoms with Crippen LogP contribution in [0.1, 0.15) is 35.6 Å². The number of likely N-dealkylation sites (tertiary alicyclic amines) is 1. The number of hydrogen-bond donors (Lipinski definition) is 1. The fourth-order valence-electron chi connectivity index (χ4n) is 4.01. The van der Waals surface area contributed by atoms with E-state index >= 15 is 0 Å². The maximum absolute atomic E-state index is 12.0. The first-order valence-corrected chi connectivity index (χ1v) is 8.92. The zero-order valence-electron chi connectivity index (χ0n) is 14.7. The summed E-state index contributed by atoms with van der Waals surface area (Å²) in [5, 5.41) is 9.84. The number of morpholine rings is 1. The number of piperidine rings is 1. The number of aliphatic carboxylic acids is 1. The minimum Gasteiger partial charge on any atom is -0.480 e. The Bertz CT molecular complexity index is 576. The van der Waals surface area contributed by atoms with E-state index in [0.717, 1.165) is 68.9 Å². The minimum absolute atomic E-state index is 0.532. The Balaban J connectivity index is 1.70. The molecule has 2 fully saturated rings. The van der Waals surface area contributed by atoms with Gasteiger partial charge in [-0.15, -0.1) is 0 Å². The monoisotopic (exact) mass is 332 g/mol. The summed E-state index contributed by atoms with van der Waals surface area (Å²) in [5.41, 5.74) is 3.19. The lowest BCUT2D eigenvalue weighted by Crippen LogP contribution is -2.50. The summed E-state index contributed by atoms with van der Waals surface area (Å²) in [6, 6.07) is 6.01. The van der Waals surface area contributed by atoms with Crippen LogP contribution < -0.4 is 0 Å². The van der Waals surface area contributed by atoms with E-state index in [1.54, 1.807) is 0 Å². The summed E-state index contributed by atoms with van der Waals surface area (Å²) in [4.78, 5) is 16.6. The van der Waals surface area contributed by atoms with Crippen molar-refractivity contribution < 1.29 is 14.6 Å². The first-order chi connectivity index (χ1) is 11.6. The predicted molar refractivity (Wildman–Crippen MR) is 93.3 cm³/mol. The van der Waals surface area contributed by atoms with Gasteiger partial charge in [-0.3, -0.25) is 14.6 Å². The zero-order chi connectivity index (χ0) is 17.1. The van der Waals surface area contributed by atoms with Gasteiger partial charge in [0.15, 0.2) is 0 Å². The van der Waals surface area contributed by atoms with Crippen LogP contribution in [0.15, 0.2) is 18.2 Å². The third-order valence-corrected chi connectivity index (χ3v) is 5.60. The molecule has 0 saturated carbocycles. The molecule has 5 nitrogen and oxygen atoms in total. The average molecular weight is 332 g/mol. The van der Waals surface area contributed by atoms with E-state index in [1.165, 1.54) is 0 Å². The van der Waals surface area contributed by atoms with Crippen LogP contribution in [0.25, 0.3) is 0 Å². The predicted octanol–water partition coefficient (Wildman–Crippen LogP) is 2.23. The topological polar surface area (TPSA) is 53.0 Å². The molecule has 1 aromatic carbocycles. The first-order valence-electron chi connectivity index (χ1n) is 8.92. The second kappa shape index (κ2) is 7.64. The molecular formula is C19H28N2O3. The van der Waals surface area contributed by atoms with Crippen LogP contribution in [0.3, 0.4) is 0 Å². The molecule has 0 aromatic heterocycles. The molecule has 2 saturated heterocycles. The van der Waals surface area contributed by atoms with Gasteiger partial charge in [-0.25, -0.2) is 0 Å². The lowest BCUT2D eigenvalue weighted by atomic mass is 9.93. The van der Waals surface area contributed by atoms with Gasteiger partial charge < -0.3 is 9.84 Å². The van der Waals surface area contributed by atoms with Crippen molar-refractivity contribution in [2.24, 2.45) is 0 Å². The number of hydrogen-bond acceptors (Lipinski definition) is 4. The van der Waals surface area contributed by atoms with Gasteiger partial charge in [0, 0.05) is 32.2 Å². The van der Waals surface area contributed by atoms with Crippen molar-refractivity contribution in [3.63, 3.8) is 0 Å². The fraction of sp³-hybridized carbons (Fsp3) is 0.632. The van der Waals surface area contributed by atoms with Gasteiger partial charge in [0.25, 0.3) is 0 Å². The van der Waals surface area contributed by atoms with E-state index in [9.17, 15) is 9.90 Å². The lowest BCUT2D eigenvalue weighted by molar-refractivity contribution is -0.144. The first kappa shape index (κ1) is 17.4. The maximum Gasteiger partial charge on any atom is 0.325 e. The number of carboxylic acids is 1. The third kappa shape index (κ3) is 3.63. The molecule has 0 unspecified atom stereocenters. The second-order valence-electron chi connectivity index (χ2n) is 6.95. The van der Waals surface area contributed by atoms with Crippen molar-refractivity contribution in [1.29, 1.82) is 0 Å².